The molecular weight excluding hydrogens is 193 g/mol. The lowest BCUT2D eigenvalue weighted by molar-refractivity contribution is -0.154. The van der Waals surface area contributed by atoms with E-state index < -0.39 is 12.7 Å². The topological polar surface area (TPSA) is 29.3 Å². The highest BCUT2D eigenvalue weighted by molar-refractivity contribution is 4.84. The molecule has 2 atom stereocenters. The van der Waals surface area contributed by atoms with Gasteiger partial charge in [0.2, 0.25) is 0 Å². The maximum Gasteiger partial charge on any atom is 0.401 e. The minimum Gasteiger partial charge on any atom is -0.327 e. The predicted molar refractivity (Wildman–Crippen MR) is 48.9 cm³/mol. The summed E-state index contributed by atoms with van der Waals surface area (Å²) in [5.41, 5.74) is 5.67. The zero-order valence-corrected chi connectivity index (χ0v) is 8.35. The quantitative estimate of drug-likeness (QED) is 0.752. The van der Waals surface area contributed by atoms with Crippen LogP contribution in [0.4, 0.5) is 13.2 Å². The molecule has 0 aliphatic carbocycles. The van der Waals surface area contributed by atoms with E-state index >= 15 is 0 Å². The number of likely N-dealkylation sites (tertiary alicyclic amines) is 1. The van der Waals surface area contributed by atoms with Gasteiger partial charge in [0.25, 0.3) is 0 Å². The Hall–Kier alpha value is -0.290. The Morgan fingerprint density at radius 2 is 2.07 bits per heavy atom. The van der Waals surface area contributed by atoms with Crippen LogP contribution >= 0.6 is 0 Å². The zero-order valence-electron chi connectivity index (χ0n) is 8.35. The largest absolute Gasteiger partial charge is 0.401 e. The van der Waals surface area contributed by atoms with Gasteiger partial charge >= 0.3 is 6.18 Å². The number of hydrogen-bond donors (Lipinski definition) is 1. The van der Waals surface area contributed by atoms with Crippen LogP contribution in [0.1, 0.15) is 26.2 Å². The van der Waals surface area contributed by atoms with E-state index in [1.54, 1.807) is 6.92 Å². The lowest BCUT2D eigenvalue weighted by Crippen LogP contribution is -2.52. The average Bonchev–Trinajstić information content (AvgIpc) is 2.01. The van der Waals surface area contributed by atoms with Crippen LogP contribution < -0.4 is 5.73 Å². The van der Waals surface area contributed by atoms with E-state index in [2.05, 4.69) is 0 Å². The van der Waals surface area contributed by atoms with Gasteiger partial charge in [-0.25, -0.2) is 0 Å². The van der Waals surface area contributed by atoms with Gasteiger partial charge < -0.3 is 5.73 Å². The van der Waals surface area contributed by atoms with E-state index in [-0.39, 0.29) is 12.1 Å². The second-order valence-electron chi connectivity index (χ2n) is 4.01. The third-order valence-corrected chi connectivity index (χ3v) is 2.65. The van der Waals surface area contributed by atoms with Gasteiger partial charge in [0, 0.05) is 12.1 Å². The van der Waals surface area contributed by atoms with Crippen molar-refractivity contribution >= 4 is 0 Å². The van der Waals surface area contributed by atoms with Crippen molar-refractivity contribution in [2.75, 3.05) is 13.1 Å². The Morgan fingerprint density at radius 1 is 1.43 bits per heavy atom. The molecule has 5 heteroatoms. The van der Waals surface area contributed by atoms with E-state index in [0.717, 1.165) is 19.3 Å². The number of hydrogen-bond acceptors (Lipinski definition) is 2. The molecule has 1 saturated heterocycles. The molecule has 2 nitrogen and oxygen atoms in total. The Bertz CT molecular complexity index is 179. The number of alkyl halides is 3. The van der Waals surface area contributed by atoms with Gasteiger partial charge in [-0.2, -0.15) is 13.2 Å². The maximum absolute atomic E-state index is 12.2. The molecule has 14 heavy (non-hydrogen) atoms. The van der Waals surface area contributed by atoms with Crippen LogP contribution in [0.25, 0.3) is 0 Å². The fourth-order valence-electron chi connectivity index (χ4n) is 2.04. The Labute approximate surface area is 82.2 Å². The number of nitrogens with two attached hydrogens (primary N) is 1. The molecule has 1 fully saturated rings. The van der Waals surface area contributed by atoms with Crippen molar-refractivity contribution in [1.82, 2.24) is 4.90 Å². The molecule has 0 aromatic carbocycles. The van der Waals surface area contributed by atoms with Gasteiger partial charge in [0.15, 0.2) is 0 Å². The van der Waals surface area contributed by atoms with Crippen LogP contribution in [0.5, 0.6) is 0 Å². The summed E-state index contributed by atoms with van der Waals surface area (Å²) in [6.07, 6.45) is -1.49. The van der Waals surface area contributed by atoms with Crippen molar-refractivity contribution in [3.63, 3.8) is 0 Å². The van der Waals surface area contributed by atoms with Crippen molar-refractivity contribution in [2.45, 2.75) is 44.4 Å². The minimum absolute atomic E-state index is 0.106. The van der Waals surface area contributed by atoms with E-state index in [1.165, 1.54) is 4.90 Å². The molecule has 0 amide bonds. The number of halogens is 3. The summed E-state index contributed by atoms with van der Waals surface area (Å²) < 4.78 is 36.6. The fraction of sp³-hybridized carbons (Fsp3) is 1.00. The Balaban J connectivity index is 2.54. The van der Waals surface area contributed by atoms with Crippen LogP contribution in [0, 0.1) is 0 Å². The van der Waals surface area contributed by atoms with Crippen LogP contribution in [-0.2, 0) is 0 Å². The molecular formula is C9H17F3N2. The minimum atomic E-state index is -4.11. The summed E-state index contributed by atoms with van der Waals surface area (Å²) >= 11 is 0. The van der Waals surface area contributed by atoms with E-state index in [9.17, 15) is 13.2 Å². The average molecular weight is 210 g/mol. The van der Waals surface area contributed by atoms with Crippen molar-refractivity contribution in [3.8, 4) is 0 Å². The molecule has 2 unspecified atom stereocenters. The number of nitrogens with zero attached hydrogens (tertiary/aromatic N) is 1. The first-order valence-electron chi connectivity index (χ1n) is 4.96. The summed E-state index contributed by atoms with van der Waals surface area (Å²) in [5.74, 6) is 0. The highest BCUT2D eigenvalue weighted by Crippen LogP contribution is 2.24. The number of piperidine rings is 1. The van der Waals surface area contributed by atoms with Crippen LogP contribution in [0.3, 0.4) is 0 Å². The molecule has 0 spiro atoms. The van der Waals surface area contributed by atoms with Crippen molar-refractivity contribution in [1.29, 1.82) is 0 Å². The summed E-state index contributed by atoms with van der Waals surface area (Å²) in [5, 5.41) is 0. The fourth-order valence-corrected chi connectivity index (χ4v) is 2.04. The molecule has 1 heterocycles. The van der Waals surface area contributed by atoms with Gasteiger partial charge in [-0.05, 0) is 26.3 Å². The highest BCUT2D eigenvalue weighted by atomic mass is 19.4. The number of rotatable bonds is 2. The molecule has 1 aliphatic heterocycles. The van der Waals surface area contributed by atoms with Gasteiger partial charge in [-0.1, -0.05) is 6.42 Å². The third kappa shape index (κ3) is 3.46. The van der Waals surface area contributed by atoms with Crippen LogP contribution in [0.2, 0.25) is 0 Å². The van der Waals surface area contributed by atoms with Gasteiger partial charge in [-0.15, -0.1) is 0 Å². The van der Waals surface area contributed by atoms with Crippen LogP contribution in [0.15, 0.2) is 0 Å². The lowest BCUT2D eigenvalue weighted by atomic mass is 9.97. The second-order valence-corrected chi connectivity index (χ2v) is 4.01. The normalized spacial score (nSPS) is 27.6. The molecule has 0 aromatic heterocycles. The van der Waals surface area contributed by atoms with Gasteiger partial charge in [0.1, 0.15) is 0 Å². The smallest absolute Gasteiger partial charge is 0.327 e. The third-order valence-electron chi connectivity index (χ3n) is 2.65. The highest BCUT2D eigenvalue weighted by Gasteiger charge is 2.35. The van der Waals surface area contributed by atoms with E-state index in [0.29, 0.717) is 6.54 Å². The van der Waals surface area contributed by atoms with Crippen molar-refractivity contribution < 1.29 is 13.2 Å². The molecule has 0 bridgehead atoms. The van der Waals surface area contributed by atoms with Gasteiger partial charge in [-0.3, -0.25) is 4.90 Å². The second kappa shape index (κ2) is 4.49. The summed E-state index contributed by atoms with van der Waals surface area (Å²) in [4.78, 5) is 1.47. The Morgan fingerprint density at radius 3 is 2.57 bits per heavy atom. The molecule has 84 valence electrons. The first-order chi connectivity index (χ1) is 6.40. The Kier molecular flexibility index (Phi) is 3.78. The predicted octanol–water partition coefficient (Wildman–Crippen LogP) is 1.75. The molecule has 0 saturated carbocycles. The van der Waals surface area contributed by atoms with E-state index in [4.69, 9.17) is 5.73 Å². The lowest BCUT2D eigenvalue weighted by Gasteiger charge is -2.38. The molecule has 2 N–H and O–H groups in total. The van der Waals surface area contributed by atoms with Crippen molar-refractivity contribution in [2.24, 2.45) is 5.73 Å². The first-order valence-corrected chi connectivity index (χ1v) is 4.96. The summed E-state index contributed by atoms with van der Waals surface area (Å²) in [6, 6.07) is -0.289. The van der Waals surface area contributed by atoms with Crippen LogP contribution in [-0.4, -0.2) is 36.2 Å². The molecule has 1 rings (SSSR count). The van der Waals surface area contributed by atoms with Crippen molar-refractivity contribution in [3.05, 3.63) is 0 Å². The zero-order chi connectivity index (χ0) is 10.8. The SMILES string of the molecule is CC(N)C1CCCCN1CC(F)(F)F. The summed E-state index contributed by atoms with van der Waals surface area (Å²) in [6.45, 7) is 1.48. The molecule has 1 aliphatic rings. The first kappa shape index (κ1) is 11.8. The summed E-state index contributed by atoms with van der Waals surface area (Å²) in [7, 11) is 0. The van der Waals surface area contributed by atoms with Gasteiger partial charge in [0.05, 0.1) is 6.54 Å². The molecule has 0 aromatic rings. The standard InChI is InChI=1S/C9H17F3N2/c1-7(13)8-4-2-3-5-14(8)6-9(10,11)12/h7-8H,2-6,13H2,1H3. The monoisotopic (exact) mass is 210 g/mol. The van der Waals surface area contributed by atoms with E-state index in [1.807, 2.05) is 0 Å². The maximum atomic E-state index is 12.2. The molecule has 0 radical (unpaired) electrons.